The van der Waals surface area contributed by atoms with E-state index in [1.807, 2.05) is 18.4 Å². The minimum absolute atomic E-state index is 0.769. The smallest absolute Gasteiger partial charge is 0.0637 e. The number of anilines is 2. The molecule has 2 nitrogen and oxygen atoms in total. The predicted molar refractivity (Wildman–Crippen MR) is 89.1 cm³/mol. The number of rotatable bonds is 5. The van der Waals surface area contributed by atoms with E-state index in [0.29, 0.717) is 0 Å². The molecule has 0 bridgehead atoms. The van der Waals surface area contributed by atoms with Crippen LogP contribution in [0.1, 0.15) is 34.1 Å². The van der Waals surface area contributed by atoms with Gasteiger partial charge in [-0.15, -0.1) is 11.3 Å². The van der Waals surface area contributed by atoms with Crippen LogP contribution in [0.25, 0.3) is 0 Å². The Morgan fingerprint density at radius 2 is 2.05 bits per heavy atom. The first kappa shape index (κ1) is 13.5. The first-order chi connectivity index (χ1) is 9.69. The van der Waals surface area contributed by atoms with Gasteiger partial charge in [0.15, 0.2) is 0 Å². The number of aryl methyl sites for hydroxylation is 1. The van der Waals surface area contributed by atoms with Crippen molar-refractivity contribution in [2.24, 2.45) is 0 Å². The number of hydrogen-bond donors (Lipinski definition) is 1. The van der Waals surface area contributed by atoms with Gasteiger partial charge in [-0.25, -0.2) is 0 Å². The van der Waals surface area contributed by atoms with Crippen molar-refractivity contribution in [2.75, 3.05) is 24.3 Å². The molecule has 0 aliphatic heterocycles. The van der Waals surface area contributed by atoms with Crippen LogP contribution < -0.4 is 10.2 Å². The number of benzene rings is 1. The SMILES string of the molecule is CNc1cccc(C2CC2)c1N(C)Cc1ccc(C)s1. The fourth-order valence-electron chi connectivity index (χ4n) is 2.80. The number of nitrogens with one attached hydrogen (secondary N) is 1. The molecule has 0 amide bonds. The summed E-state index contributed by atoms with van der Waals surface area (Å²) >= 11 is 1.89. The van der Waals surface area contributed by atoms with Crippen molar-refractivity contribution in [3.05, 3.63) is 45.6 Å². The molecule has 0 saturated heterocycles. The third kappa shape index (κ3) is 2.68. The van der Waals surface area contributed by atoms with E-state index in [-0.39, 0.29) is 0 Å². The molecule has 1 fully saturated rings. The Morgan fingerprint density at radius 1 is 1.25 bits per heavy atom. The van der Waals surface area contributed by atoms with Crippen LogP contribution in [0, 0.1) is 6.92 Å². The van der Waals surface area contributed by atoms with Crippen molar-refractivity contribution in [2.45, 2.75) is 32.2 Å². The molecule has 2 aromatic rings. The van der Waals surface area contributed by atoms with E-state index < -0.39 is 0 Å². The molecule has 1 aromatic carbocycles. The zero-order valence-electron chi connectivity index (χ0n) is 12.4. The molecular weight excluding hydrogens is 264 g/mol. The van der Waals surface area contributed by atoms with Gasteiger partial charge in [0, 0.05) is 23.8 Å². The number of hydrogen-bond acceptors (Lipinski definition) is 3. The Labute approximate surface area is 125 Å². The van der Waals surface area contributed by atoms with Crippen molar-refractivity contribution in [3.8, 4) is 0 Å². The maximum absolute atomic E-state index is 3.35. The van der Waals surface area contributed by atoms with Crippen molar-refractivity contribution in [1.82, 2.24) is 0 Å². The van der Waals surface area contributed by atoms with Gasteiger partial charge in [-0.1, -0.05) is 12.1 Å². The van der Waals surface area contributed by atoms with Gasteiger partial charge in [0.1, 0.15) is 0 Å². The van der Waals surface area contributed by atoms with E-state index in [1.165, 1.54) is 39.5 Å². The second-order valence-corrected chi connectivity index (χ2v) is 7.01. The molecule has 0 atom stereocenters. The topological polar surface area (TPSA) is 15.3 Å². The van der Waals surface area contributed by atoms with Crippen LogP contribution in [0.15, 0.2) is 30.3 Å². The summed E-state index contributed by atoms with van der Waals surface area (Å²) in [6.45, 7) is 3.16. The predicted octanol–water partition coefficient (Wildman–Crippen LogP) is 4.61. The van der Waals surface area contributed by atoms with Crippen molar-refractivity contribution < 1.29 is 0 Å². The summed E-state index contributed by atoms with van der Waals surface area (Å²) in [5.74, 6) is 0.769. The van der Waals surface area contributed by atoms with Crippen LogP contribution in [0.3, 0.4) is 0 Å². The standard InChI is InChI=1S/C17H22N2S/c1-12-7-10-14(20-12)11-19(3)17-15(13-8-9-13)5-4-6-16(17)18-2/h4-7,10,13,18H,8-9,11H2,1-3H3. The Hall–Kier alpha value is -1.48. The molecule has 1 aromatic heterocycles. The quantitative estimate of drug-likeness (QED) is 0.863. The highest BCUT2D eigenvalue weighted by Gasteiger charge is 2.28. The van der Waals surface area contributed by atoms with Gasteiger partial charge in [-0.3, -0.25) is 0 Å². The molecule has 1 N–H and O–H groups in total. The van der Waals surface area contributed by atoms with E-state index in [2.05, 4.69) is 54.5 Å². The summed E-state index contributed by atoms with van der Waals surface area (Å²) in [5.41, 5.74) is 4.13. The van der Waals surface area contributed by atoms with E-state index in [0.717, 1.165) is 12.5 Å². The Morgan fingerprint density at radius 3 is 2.65 bits per heavy atom. The zero-order valence-corrected chi connectivity index (χ0v) is 13.3. The molecule has 3 rings (SSSR count). The molecule has 106 valence electrons. The molecule has 1 saturated carbocycles. The maximum atomic E-state index is 3.35. The van der Waals surface area contributed by atoms with Crippen LogP contribution in [0.5, 0.6) is 0 Å². The summed E-state index contributed by atoms with van der Waals surface area (Å²) < 4.78 is 0. The summed E-state index contributed by atoms with van der Waals surface area (Å²) in [6.07, 6.45) is 2.68. The van der Waals surface area contributed by atoms with Crippen LogP contribution in [0.2, 0.25) is 0 Å². The van der Waals surface area contributed by atoms with Crippen LogP contribution >= 0.6 is 11.3 Å². The third-order valence-corrected chi connectivity index (χ3v) is 4.91. The van der Waals surface area contributed by atoms with Gasteiger partial charge in [0.2, 0.25) is 0 Å². The number of thiophene rings is 1. The lowest BCUT2D eigenvalue weighted by molar-refractivity contribution is 0.922. The van der Waals surface area contributed by atoms with E-state index >= 15 is 0 Å². The zero-order chi connectivity index (χ0) is 14.1. The molecule has 3 heteroatoms. The van der Waals surface area contributed by atoms with E-state index in [1.54, 1.807) is 0 Å². The fraction of sp³-hybridized carbons (Fsp3) is 0.412. The van der Waals surface area contributed by atoms with Crippen molar-refractivity contribution >= 4 is 22.7 Å². The van der Waals surface area contributed by atoms with Gasteiger partial charge in [0.05, 0.1) is 17.9 Å². The average molecular weight is 286 g/mol. The summed E-state index contributed by atoms with van der Waals surface area (Å²) in [6, 6.07) is 11.1. The number of para-hydroxylation sites is 1. The van der Waals surface area contributed by atoms with E-state index in [9.17, 15) is 0 Å². The normalized spacial score (nSPS) is 14.3. The molecule has 1 heterocycles. The minimum Gasteiger partial charge on any atom is -0.386 e. The van der Waals surface area contributed by atoms with Crippen LogP contribution in [0.4, 0.5) is 11.4 Å². The highest BCUT2D eigenvalue weighted by atomic mass is 32.1. The van der Waals surface area contributed by atoms with Crippen LogP contribution in [-0.2, 0) is 6.54 Å². The lowest BCUT2D eigenvalue weighted by Gasteiger charge is -2.25. The summed E-state index contributed by atoms with van der Waals surface area (Å²) in [7, 11) is 4.22. The van der Waals surface area contributed by atoms with Crippen molar-refractivity contribution in [1.29, 1.82) is 0 Å². The monoisotopic (exact) mass is 286 g/mol. The highest BCUT2D eigenvalue weighted by Crippen LogP contribution is 2.46. The minimum atomic E-state index is 0.769. The van der Waals surface area contributed by atoms with Crippen molar-refractivity contribution in [3.63, 3.8) is 0 Å². The van der Waals surface area contributed by atoms with Gasteiger partial charge in [0.25, 0.3) is 0 Å². The van der Waals surface area contributed by atoms with Crippen LogP contribution in [-0.4, -0.2) is 14.1 Å². The summed E-state index contributed by atoms with van der Waals surface area (Å²) in [4.78, 5) is 5.21. The van der Waals surface area contributed by atoms with Gasteiger partial charge >= 0.3 is 0 Å². The lowest BCUT2D eigenvalue weighted by atomic mass is 10.1. The fourth-order valence-corrected chi connectivity index (χ4v) is 3.74. The van der Waals surface area contributed by atoms with Gasteiger partial charge in [-0.05, 0) is 49.4 Å². The molecular formula is C17H22N2S. The largest absolute Gasteiger partial charge is 0.386 e. The Balaban J connectivity index is 1.91. The second kappa shape index (κ2) is 5.49. The van der Waals surface area contributed by atoms with Gasteiger partial charge in [-0.2, -0.15) is 0 Å². The van der Waals surface area contributed by atoms with E-state index in [4.69, 9.17) is 0 Å². The molecule has 0 spiro atoms. The highest BCUT2D eigenvalue weighted by molar-refractivity contribution is 7.11. The molecule has 0 unspecified atom stereocenters. The molecule has 0 radical (unpaired) electrons. The molecule has 1 aliphatic carbocycles. The lowest BCUT2D eigenvalue weighted by Crippen LogP contribution is -2.18. The first-order valence-electron chi connectivity index (χ1n) is 7.26. The first-order valence-corrected chi connectivity index (χ1v) is 8.08. The second-order valence-electron chi connectivity index (χ2n) is 5.64. The average Bonchev–Trinajstić information content (AvgIpc) is 3.22. The Bertz CT molecular complexity index is 599. The Kier molecular flexibility index (Phi) is 3.70. The number of nitrogens with zero attached hydrogens (tertiary/aromatic N) is 1. The third-order valence-electron chi connectivity index (χ3n) is 3.92. The molecule has 20 heavy (non-hydrogen) atoms. The maximum Gasteiger partial charge on any atom is 0.0637 e. The van der Waals surface area contributed by atoms with Gasteiger partial charge < -0.3 is 10.2 Å². The summed E-state index contributed by atoms with van der Waals surface area (Å²) in [5, 5.41) is 3.35. The molecule has 1 aliphatic rings.